The molecule has 2 heterocycles. The molecular formula is C23H32N6O5. The maximum Gasteiger partial charge on any atom is 0.252 e. The Morgan fingerprint density at radius 3 is 2.74 bits per heavy atom. The van der Waals surface area contributed by atoms with Crippen molar-refractivity contribution in [1.82, 2.24) is 30.9 Å². The lowest BCUT2D eigenvalue weighted by Gasteiger charge is -2.22. The van der Waals surface area contributed by atoms with Gasteiger partial charge in [0.25, 0.3) is 5.91 Å². The first-order valence-electron chi connectivity index (χ1n) is 11.4. The summed E-state index contributed by atoms with van der Waals surface area (Å²) in [6.07, 6.45) is 2.80. The van der Waals surface area contributed by atoms with Crippen LogP contribution in [-0.2, 0) is 22.7 Å². The highest BCUT2D eigenvalue weighted by Gasteiger charge is 2.26. The first-order valence-corrected chi connectivity index (χ1v) is 11.4. The topological polar surface area (TPSA) is 136 Å². The van der Waals surface area contributed by atoms with Gasteiger partial charge >= 0.3 is 0 Å². The number of hydrogen-bond donors (Lipinski definition) is 3. The summed E-state index contributed by atoms with van der Waals surface area (Å²) in [4.78, 5) is 38.4. The van der Waals surface area contributed by atoms with Gasteiger partial charge in [-0.2, -0.15) is 0 Å². The average Bonchev–Trinajstić information content (AvgIpc) is 3.26. The van der Waals surface area contributed by atoms with Crippen LogP contribution in [0.5, 0.6) is 11.5 Å². The minimum Gasteiger partial charge on any atom is -0.493 e. The molecule has 4 bridgehead atoms. The summed E-state index contributed by atoms with van der Waals surface area (Å²) in [6.45, 7) is 6.61. The van der Waals surface area contributed by atoms with Crippen molar-refractivity contribution in [1.29, 1.82) is 0 Å². The SMILES string of the molecule is COc1ccc2cc1OCCCn1cc(nn1)CNC(=O)[C@@H](C)NC(=O)[C@@H](CC(C)C)NC2=O. The van der Waals surface area contributed by atoms with E-state index in [0.717, 1.165) is 0 Å². The molecule has 3 amide bonds. The normalized spacial score (nSPS) is 20.2. The zero-order valence-electron chi connectivity index (χ0n) is 20.0. The summed E-state index contributed by atoms with van der Waals surface area (Å²) >= 11 is 0. The third-order valence-corrected chi connectivity index (χ3v) is 5.33. The van der Waals surface area contributed by atoms with E-state index < -0.39 is 23.9 Å². The number of fused-ring (bicyclic) bond motifs is 4. The quantitative estimate of drug-likeness (QED) is 0.607. The molecule has 11 heteroatoms. The van der Waals surface area contributed by atoms with Crippen LogP contribution in [0.4, 0.5) is 0 Å². The zero-order chi connectivity index (χ0) is 24.7. The molecule has 1 aromatic carbocycles. The van der Waals surface area contributed by atoms with Gasteiger partial charge in [0.2, 0.25) is 11.8 Å². The van der Waals surface area contributed by atoms with Gasteiger partial charge in [-0.25, -0.2) is 0 Å². The number of benzene rings is 1. The molecule has 184 valence electrons. The Balaban J connectivity index is 1.87. The number of nitrogens with one attached hydrogen (secondary N) is 3. The Hall–Kier alpha value is -3.63. The molecule has 0 unspecified atom stereocenters. The Labute approximate surface area is 198 Å². The van der Waals surface area contributed by atoms with Gasteiger partial charge in [0.15, 0.2) is 11.5 Å². The van der Waals surface area contributed by atoms with Crippen LogP contribution < -0.4 is 25.4 Å². The summed E-state index contributed by atoms with van der Waals surface area (Å²) < 4.78 is 12.9. The number of carbonyl (C=O) groups is 3. The van der Waals surface area contributed by atoms with E-state index in [1.807, 2.05) is 13.8 Å². The van der Waals surface area contributed by atoms with E-state index in [-0.39, 0.29) is 18.4 Å². The number of hydrogen-bond acceptors (Lipinski definition) is 7. The van der Waals surface area contributed by atoms with Crippen molar-refractivity contribution in [3.05, 3.63) is 35.7 Å². The van der Waals surface area contributed by atoms with E-state index >= 15 is 0 Å². The highest BCUT2D eigenvalue weighted by molar-refractivity contribution is 5.98. The Morgan fingerprint density at radius 1 is 1.21 bits per heavy atom. The van der Waals surface area contributed by atoms with Crippen LogP contribution in [-0.4, -0.2) is 58.5 Å². The smallest absolute Gasteiger partial charge is 0.252 e. The minimum absolute atomic E-state index is 0.138. The van der Waals surface area contributed by atoms with Crippen molar-refractivity contribution in [2.24, 2.45) is 5.92 Å². The van der Waals surface area contributed by atoms with E-state index in [2.05, 4.69) is 26.3 Å². The van der Waals surface area contributed by atoms with Crippen molar-refractivity contribution in [3.8, 4) is 11.5 Å². The van der Waals surface area contributed by atoms with Crippen molar-refractivity contribution in [3.63, 3.8) is 0 Å². The molecule has 3 N–H and O–H groups in total. The standard InChI is InChI=1S/C23H32N6O5/c1-14(2)10-18-23(32)25-15(3)21(30)24-12-17-13-29(28-27-17)8-5-9-34-20-11-16(22(31)26-18)6-7-19(20)33-4/h6-7,11,13-15,18H,5,8-10,12H2,1-4H3,(H,24,30)(H,25,32)(H,26,31)/t15-,18-/m1/s1. The number of nitrogens with zero attached hydrogens (tertiary/aromatic N) is 3. The molecule has 2 atom stereocenters. The lowest BCUT2D eigenvalue weighted by molar-refractivity contribution is -0.129. The van der Waals surface area contributed by atoms with Gasteiger partial charge in [0.1, 0.15) is 17.8 Å². The van der Waals surface area contributed by atoms with E-state index in [9.17, 15) is 14.4 Å². The molecule has 0 fully saturated rings. The molecule has 2 aromatic rings. The molecule has 11 nitrogen and oxygen atoms in total. The Bertz CT molecular complexity index is 1020. The van der Waals surface area contributed by atoms with Gasteiger partial charge < -0.3 is 25.4 Å². The molecule has 0 saturated carbocycles. The highest BCUT2D eigenvalue weighted by Crippen LogP contribution is 2.28. The summed E-state index contributed by atoms with van der Waals surface area (Å²) in [6, 6.07) is 3.26. The number of aromatic nitrogens is 3. The number of methoxy groups -OCH3 is 1. The number of ether oxygens (including phenoxy) is 2. The molecular weight excluding hydrogens is 440 g/mol. The summed E-state index contributed by atoms with van der Waals surface area (Å²) in [5.41, 5.74) is 0.937. The molecule has 0 radical (unpaired) electrons. The number of amides is 3. The van der Waals surface area contributed by atoms with E-state index in [4.69, 9.17) is 9.47 Å². The van der Waals surface area contributed by atoms with Crippen LogP contribution in [0.25, 0.3) is 0 Å². The minimum atomic E-state index is -0.809. The maximum atomic E-state index is 13.0. The second kappa shape index (κ2) is 11.5. The van der Waals surface area contributed by atoms with Crippen LogP contribution in [0.2, 0.25) is 0 Å². The van der Waals surface area contributed by atoms with Crippen LogP contribution in [0.1, 0.15) is 49.7 Å². The lowest BCUT2D eigenvalue weighted by atomic mass is 10.0. The first kappa shape index (κ1) is 25.0. The Morgan fingerprint density at radius 2 is 2.00 bits per heavy atom. The van der Waals surface area contributed by atoms with Gasteiger partial charge in [0.05, 0.1) is 26.5 Å². The van der Waals surface area contributed by atoms with E-state index in [0.29, 0.717) is 48.7 Å². The maximum absolute atomic E-state index is 13.0. The third-order valence-electron chi connectivity index (χ3n) is 5.33. The van der Waals surface area contributed by atoms with Crippen molar-refractivity contribution < 1.29 is 23.9 Å². The summed E-state index contributed by atoms with van der Waals surface area (Å²) in [5.74, 6) is -0.138. The number of rotatable bonds is 3. The van der Waals surface area contributed by atoms with E-state index in [1.165, 1.54) is 7.11 Å². The van der Waals surface area contributed by atoms with Gasteiger partial charge in [-0.05, 0) is 37.5 Å². The molecule has 0 aliphatic carbocycles. The number of aryl methyl sites for hydroxylation is 1. The fourth-order valence-corrected chi connectivity index (χ4v) is 3.52. The molecule has 0 saturated heterocycles. The van der Waals surface area contributed by atoms with Gasteiger partial charge in [-0.15, -0.1) is 5.10 Å². The van der Waals surface area contributed by atoms with Gasteiger partial charge in [0, 0.05) is 18.5 Å². The molecule has 1 aliphatic heterocycles. The second-order valence-corrected chi connectivity index (χ2v) is 8.64. The third kappa shape index (κ3) is 6.69. The fraction of sp³-hybridized carbons (Fsp3) is 0.522. The van der Waals surface area contributed by atoms with Crippen LogP contribution in [0.15, 0.2) is 24.4 Å². The first-order chi connectivity index (χ1) is 16.3. The van der Waals surface area contributed by atoms with Gasteiger partial charge in [-0.3, -0.25) is 19.1 Å². The van der Waals surface area contributed by atoms with Crippen molar-refractivity contribution in [2.75, 3.05) is 13.7 Å². The average molecular weight is 473 g/mol. The lowest BCUT2D eigenvalue weighted by Crippen LogP contribution is -2.53. The van der Waals surface area contributed by atoms with Gasteiger partial charge in [-0.1, -0.05) is 19.1 Å². The largest absolute Gasteiger partial charge is 0.493 e. The summed E-state index contributed by atoms with van der Waals surface area (Å²) in [5, 5.41) is 16.4. The highest BCUT2D eigenvalue weighted by atomic mass is 16.5. The van der Waals surface area contributed by atoms with Crippen LogP contribution in [0, 0.1) is 5.92 Å². The zero-order valence-corrected chi connectivity index (χ0v) is 20.0. The monoisotopic (exact) mass is 472 g/mol. The predicted octanol–water partition coefficient (Wildman–Crippen LogP) is 1.03. The van der Waals surface area contributed by atoms with Crippen LogP contribution in [0.3, 0.4) is 0 Å². The van der Waals surface area contributed by atoms with Crippen molar-refractivity contribution in [2.45, 2.75) is 58.8 Å². The molecule has 0 spiro atoms. The predicted molar refractivity (Wildman–Crippen MR) is 123 cm³/mol. The molecule has 1 aliphatic rings. The fourth-order valence-electron chi connectivity index (χ4n) is 3.52. The molecule has 3 rings (SSSR count). The number of carbonyl (C=O) groups excluding carboxylic acids is 3. The van der Waals surface area contributed by atoms with E-state index in [1.54, 1.807) is 36.0 Å². The van der Waals surface area contributed by atoms with Crippen molar-refractivity contribution >= 4 is 17.7 Å². The second-order valence-electron chi connectivity index (χ2n) is 8.64. The molecule has 1 aromatic heterocycles. The summed E-state index contributed by atoms with van der Waals surface area (Å²) in [7, 11) is 1.53. The molecule has 34 heavy (non-hydrogen) atoms. The van der Waals surface area contributed by atoms with Crippen LogP contribution >= 0.6 is 0 Å². The Kier molecular flexibility index (Phi) is 8.44.